The molecule has 0 aromatic heterocycles. The lowest BCUT2D eigenvalue weighted by atomic mass is 10.1. The monoisotopic (exact) mass is 136 g/mol. The summed E-state index contributed by atoms with van der Waals surface area (Å²) < 4.78 is 12.3. The fraction of sp³-hybridized carbons (Fsp3) is 0.111. The van der Waals surface area contributed by atoms with Crippen molar-refractivity contribution in [1.82, 2.24) is 0 Å². The van der Waals surface area contributed by atoms with Gasteiger partial charge in [0.05, 0.1) is 0 Å². The molecule has 0 saturated heterocycles. The maximum Gasteiger partial charge on any atom is 0.123 e. The third-order valence-electron chi connectivity index (χ3n) is 1.25. The van der Waals surface area contributed by atoms with Crippen LogP contribution in [-0.4, -0.2) is 0 Å². The molecule has 1 aromatic carbocycles. The molecule has 2 radical (unpaired) electrons. The fourth-order valence-corrected chi connectivity index (χ4v) is 0.766. The molecule has 1 heteroatoms. The summed E-state index contributed by atoms with van der Waals surface area (Å²) in [5.41, 5.74) is 1.02. The van der Waals surface area contributed by atoms with Gasteiger partial charge in [0, 0.05) is 0 Å². The van der Waals surface area contributed by atoms with E-state index in [1.54, 1.807) is 12.1 Å². The lowest BCUT2D eigenvalue weighted by Crippen LogP contribution is -1.79. The molecule has 0 atom stereocenters. The van der Waals surface area contributed by atoms with Gasteiger partial charge >= 0.3 is 0 Å². The zero-order valence-corrected chi connectivity index (χ0v) is 5.68. The van der Waals surface area contributed by atoms with Crippen LogP contribution in [0.2, 0.25) is 0 Å². The minimum absolute atomic E-state index is 0.193. The molecule has 0 N–H and O–H groups in total. The van der Waals surface area contributed by atoms with Gasteiger partial charge in [-0.25, -0.2) is 4.39 Å². The molecule has 1 aromatic rings. The summed E-state index contributed by atoms with van der Waals surface area (Å²) in [5.74, 6) is -0.193. The first kappa shape index (κ1) is 7.26. The third kappa shape index (κ3) is 1.83. The Hall–Kier alpha value is -0.850. The smallest absolute Gasteiger partial charge is 0.123 e. The summed E-state index contributed by atoms with van der Waals surface area (Å²) in [7, 11) is 0. The molecule has 0 bridgehead atoms. The van der Waals surface area contributed by atoms with E-state index in [1.807, 2.05) is 6.42 Å². The zero-order chi connectivity index (χ0) is 7.40. The highest BCUT2D eigenvalue weighted by molar-refractivity contribution is 5.23. The third-order valence-corrected chi connectivity index (χ3v) is 1.25. The molecule has 0 spiro atoms. The van der Waals surface area contributed by atoms with Crippen LogP contribution in [0.25, 0.3) is 0 Å². The van der Waals surface area contributed by atoms with E-state index in [0.29, 0.717) is 0 Å². The highest BCUT2D eigenvalue weighted by Crippen LogP contribution is 2.05. The summed E-state index contributed by atoms with van der Waals surface area (Å²) >= 11 is 0. The van der Waals surface area contributed by atoms with E-state index in [0.717, 1.165) is 12.0 Å². The van der Waals surface area contributed by atoms with Gasteiger partial charge in [0.1, 0.15) is 5.82 Å². The van der Waals surface area contributed by atoms with Gasteiger partial charge in [0.15, 0.2) is 0 Å². The molecule has 10 heavy (non-hydrogen) atoms. The summed E-state index contributed by atoms with van der Waals surface area (Å²) in [5, 5.41) is 0. The molecule has 52 valence electrons. The van der Waals surface area contributed by atoms with E-state index in [1.165, 1.54) is 12.1 Å². The van der Waals surface area contributed by atoms with Crippen molar-refractivity contribution in [2.45, 2.75) is 6.42 Å². The first-order valence-electron chi connectivity index (χ1n) is 3.21. The highest BCUT2D eigenvalue weighted by atomic mass is 19.1. The highest BCUT2D eigenvalue weighted by Gasteiger charge is 1.90. The lowest BCUT2D eigenvalue weighted by molar-refractivity contribution is 0.627. The Morgan fingerprint density at radius 3 is 2.40 bits per heavy atom. The minimum atomic E-state index is -0.193. The van der Waals surface area contributed by atoms with E-state index in [4.69, 9.17) is 0 Å². The quantitative estimate of drug-likeness (QED) is 0.586. The summed E-state index contributed by atoms with van der Waals surface area (Å²) in [6, 6.07) is 6.37. The van der Waals surface area contributed by atoms with Gasteiger partial charge in [-0.3, -0.25) is 0 Å². The van der Waals surface area contributed by atoms with Gasteiger partial charge in [0.2, 0.25) is 0 Å². The number of rotatable bonds is 2. The van der Waals surface area contributed by atoms with Crippen LogP contribution in [0, 0.1) is 19.2 Å². The van der Waals surface area contributed by atoms with Gasteiger partial charge in [-0.1, -0.05) is 19.1 Å². The summed E-state index contributed by atoms with van der Waals surface area (Å²) in [6.07, 6.45) is 2.69. The van der Waals surface area contributed by atoms with Crippen LogP contribution in [0.4, 0.5) is 4.39 Å². The van der Waals surface area contributed by atoms with Gasteiger partial charge < -0.3 is 0 Å². The van der Waals surface area contributed by atoms with Crippen LogP contribution in [0.3, 0.4) is 0 Å². The standard InChI is InChI=1S/C9H9F/c1-2-3-8-4-6-9(10)7-5-8/h3-7H,1-2H2. The molecular weight excluding hydrogens is 127 g/mol. The van der Waals surface area contributed by atoms with Crippen molar-refractivity contribution in [1.29, 1.82) is 0 Å². The normalized spacial score (nSPS) is 9.80. The van der Waals surface area contributed by atoms with Crippen molar-refractivity contribution in [3.63, 3.8) is 0 Å². The van der Waals surface area contributed by atoms with Gasteiger partial charge in [-0.2, -0.15) is 0 Å². The Morgan fingerprint density at radius 2 is 1.90 bits per heavy atom. The van der Waals surface area contributed by atoms with Crippen molar-refractivity contribution in [2.75, 3.05) is 0 Å². The predicted octanol–water partition coefficient (Wildman–Crippen LogP) is 2.60. The molecule has 0 unspecified atom stereocenters. The van der Waals surface area contributed by atoms with E-state index in [2.05, 4.69) is 6.92 Å². The topological polar surface area (TPSA) is 0 Å². The zero-order valence-electron chi connectivity index (χ0n) is 5.68. The van der Waals surface area contributed by atoms with Gasteiger partial charge in [-0.05, 0) is 30.5 Å². The van der Waals surface area contributed by atoms with Crippen molar-refractivity contribution < 1.29 is 4.39 Å². The number of hydrogen-bond donors (Lipinski definition) is 0. The average Bonchev–Trinajstić information content (AvgIpc) is 1.95. The molecule has 0 nitrogen and oxygen atoms in total. The van der Waals surface area contributed by atoms with Crippen molar-refractivity contribution in [3.05, 3.63) is 49.0 Å². The van der Waals surface area contributed by atoms with E-state index in [9.17, 15) is 4.39 Å². The van der Waals surface area contributed by atoms with E-state index < -0.39 is 0 Å². The molecule has 0 aliphatic carbocycles. The van der Waals surface area contributed by atoms with Crippen LogP contribution in [0.1, 0.15) is 12.0 Å². The Kier molecular flexibility index (Phi) is 2.43. The SMILES string of the molecule is [CH2]C[CH]c1ccc(F)cc1. The first-order valence-corrected chi connectivity index (χ1v) is 3.21. The molecule has 0 heterocycles. The Labute approximate surface area is 60.7 Å². The van der Waals surface area contributed by atoms with Crippen LogP contribution >= 0.6 is 0 Å². The average molecular weight is 136 g/mol. The predicted molar refractivity (Wildman–Crippen MR) is 39.8 cm³/mol. The summed E-state index contributed by atoms with van der Waals surface area (Å²) in [4.78, 5) is 0. The Bertz CT molecular complexity index is 188. The van der Waals surface area contributed by atoms with Crippen molar-refractivity contribution in [2.24, 2.45) is 0 Å². The molecule has 0 aliphatic heterocycles. The van der Waals surface area contributed by atoms with Crippen molar-refractivity contribution >= 4 is 0 Å². The lowest BCUT2D eigenvalue weighted by Gasteiger charge is -1.94. The number of halogens is 1. The van der Waals surface area contributed by atoms with Crippen LogP contribution in [0.15, 0.2) is 24.3 Å². The van der Waals surface area contributed by atoms with Crippen molar-refractivity contribution in [3.8, 4) is 0 Å². The molecule has 0 saturated carbocycles. The van der Waals surface area contributed by atoms with Gasteiger partial charge in [0.25, 0.3) is 0 Å². The Morgan fingerprint density at radius 1 is 1.30 bits per heavy atom. The molecule has 0 aliphatic rings. The largest absolute Gasteiger partial charge is 0.207 e. The molecule has 0 fully saturated rings. The second kappa shape index (κ2) is 3.35. The fourth-order valence-electron chi connectivity index (χ4n) is 0.766. The maximum absolute atomic E-state index is 12.3. The minimum Gasteiger partial charge on any atom is -0.207 e. The van der Waals surface area contributed by atoms with Crippen LogP contribution in [-0.2, 0) is 0 Å². The summed E-state index contributed by atoms with van der Waals surface area (Å²) in [6.45, 7) is 3.65. The second-order valence-corrected chi connectivity index (χ2v) is 2.04. The second-order valence-electron chi connectivity index (χ2n) is 2.04. The van der Waals surface area contributed by atoms with Crippen LogP contribution < -0.4 is 0 Å². The first-order chi connectivity index (χ1) is 4.83. The molecular formula is C9H9F. The van der Waals surface area contributed by atoms with Gasteiger partial charge in [-0.15, -0.1) is 0 Å². The van der Waals surface area contributed by atoms with E-state index >= 15 is 0 Å². The number of benzene rings is 1. The maximum atomic E-state index is 12.3. The number of hydrogen-bond acceptors (Lipinski definition) is 0. The van der Waals surface area contributed by atoms with Crippen LogP contribution in [0.5, 0.6) is 0 Å². The van der Waals surface area contributed by atoms with E-state index in [-0.39, 0.29) is 5.82 Å². The molecule has 0 amide bonds. The Balaban J connectivity index is 2.69. The molecule has 1 rings (SSSR count).